The summed E-state index contributed by atoms with van der Waals surface area (Å²) in [6, 6.07) is 0. The van der Waals surface area contributed by atoms with Gasteiger partial charge in [-0.1, -0.05) is 0 Å². The summed E-state index contributed by atoms with van der Waals surface area (Å²) >= 11 is 0. The van der Waals surface area contributed by atoms with Crippen molar-refractivity contribution in [3.63, 3.8) is 0 Å². The summed E-state index contributed by atoms with van der Waals surface area (Å²) in [6.07, 6.45) is 2.03. The van der Waals surface area contributed by atoms with E-state index < -0.39 is 0 Å². The first-order valence-electron chi connectivity index (χ1n) is 8.64. The zero-order chi connectivity index (χ0) is 16.9. The molecule has 2 aliphatic heterocycles. The highest BCUT2D eigenvalue weighted by Crippen LogP contribution is 2.26. The summed E-state index contributed by atoms with van der Waals surface area (Å²) in [5.74, 6) is 2.26. The topological polar surface area (TPSA) is 72.7 Å². The molecule has 0 aromatic carbocycles. The van der Waals surface area contributed by atoms with Gasteiger partial charge in [0.25, 0.3) is 0 Å². The van der Waals surface area contributed by atoms with Gasteiger partial charge in [0.2, 0.25) is 5.91 Å². The maximum Gasteiger partial charge on any atom is 0.248 e. The third kappa shape index (κ3) is 3.93. The van der Waals surface area contributed by atoms with Crippen LogP contribution in [0.4, 0.5) is 0 Å². The largest absolute Gasteiger partial charge is 0.379 e. The van der Waals surface area contributed by atoms with E-state index in [1.807, 2.05) is 11.9 Å². The molecule has 1 amide bonds. The Hall–Kier alpha value is -1.51. The van der Waals surface area contributed by atoms with Gasteiger partial charge in [-0.15, -0.1) is 10.2 Å². The zero-order valence-electron chi connectivity index (χ0n) is 14.6. The SMILES string of the molecule is COCC(=O)N1CCC[C@@H](c2nnc(CN3CCOCC3)n2C)C1. The van der Waals surface area contributed by atoms with E-state index in [9.17, 15) is 4.79 Å². The molecule has 2 aliphatic rings. The van der Waals surface area contributed by atoms with Crippen LogP contribution in [0.5, 0.6) is 0 Å². The average Bonchev–Trinajstić information content (AvgIpc) is 2.97. The number of carbonyl (C=O) groups is 1. The summed E-state index contributed by atoms with van der Waals surface area (Å²) in [5, 5.41) is 8.82. The molecule has 0 unspecified atom stereocenters. The van der Waals surface area contributed by atoms with E-state index in [1.165, 1.54) is 0 Å². The summed E-state index contributed by atoms with van der Waals surface area (Å²) < 4.78 is 12.5. The first kappa shape index (κ1) is 17.3. The summed E-state index contributed by atoms with van der Waals surface area (Å²) in [6.45, 7) is 5.88. The van der Waals surface area contributed by atoms with Crippen LogP contribution in [0.3, 0.4) is 0 Å². The van der Waals surface area contributed by atoms with Crippen molar-refractivity contribution in [2.75, 3.05) is 53.1 Å². The number of hydrogen-bond acceptors (Lipinski definition) is 6. The van der Waals surface area contributed by atoms with E-state index in [1.54, 1.807) is 7.11 Å². The highest BCUT2D eigenvalue weighted by atomic mass is 16.5. The van der Waals surface area contributed by atoms with Gasteiger partial charge in [-0.3, -0.25) is 9.69 Å². The molecule has 8 heteroatoms. The van der Waals surface area contributed by atoms with Gasteiger partial charge >= 0.3 is 0 Å². The molecule has 0 saturated carbocycles. The molecule has 134 valence electrons. The Morgan fingerprint density at radius 2 is 2.08 bits per heavy atom. The van der Waals surface area contributed by atoms with Crippen LogP contribution >= 0.6 is 0 Å². The van der Waals surface area contributed by atoms with E-state index in [0.29, 0.717) is 6.54 Å². The predicted octanol–water partition coefficient (Wildman–Crippen LogP) is -0.000300. The molecule has 8 nitrogen and oxygen atoms in total. The van der Waals surface area contributed by atoms with Crippen molar-refractivity contribution >= 4 is 5.91 Å². The number of hydrogen-bond donors (Lipinski definition) is 0. The Labute approximate surface area is 142 Å². The van der Waals surface area contributed by atoms with Crippen molar-refractivity contribution < 1.29 is 14.3 Å². The molecule has 1 atom stereocenters. The van der Waals surface area contributed by atoms with Gasteiger partial charge in [0.15, 0.2) is 0 Å². The molecule has 2 fully saturated rings. The van der Waals surface area contributed by atoms with Crippen LogP contribution in [0, 0.1) is 0 Å². The Bertz CT molecular complexity index is 556. The van der Waals surface area contributed by atoms with Gasteiger partial charge in [-0.25, -0.2) is 0 Å². The lowest BCUT2D eigenvalue weighted by atomic mass is 9.97. The van der Waals surface area contributed by atoms with Crippen molar-refractivity contribution in [2.24, 2.45) is 7.05 Å². The van der Waals surface area contributed by atoms with Crippen LogP contribution in [0.1, 0.15) is 30.4 Å². The molecule has 0 radical (unpaired) electrons. The predicted molar refractivity (Wildman–Crippen MR) is 87.5 cm³/mol. The molecule has 0 N–H and O–H groups in total. The number of carbonyl (C=O) groups excluding carboxylic acids is 1. The number of nitrogens with zero attached hydrogens (tertiary/aromatic N) is 5. The third-order valence-corrected chi connectivity index (χ3v) is 4.87. The number of rotatable bonds is 5. The number of morpholine rings is 1. The van der Waals surface area contributed by atoms with Crippen LogP contribution in [-0.4, -0.2) is 83.6 Å². The second-order valence-corrected chi connectivity index (χ2v) is 6.53. The van der Waals surface area contributed by atoms with Crippen LogP contribution in [0.2, 0.25) is 0 Å². The molecule has 3 rings (SSSR count). The number of aromatic nitrogens is 3. The fourth-order valence-electron chi connectivity index (χ4n) is 3.46. The monoisotopic (exact) mass is 337 g/mol. The first-order valence-corrected chi connectivity index (χ1v) is 8.64. The summed E-state index contributed by atoms with van der Waals surface area (Å²) in [4.78, 5) is 16.3. The number of methoxy groups -OCH3 is 1. The lowest BCUT2D eigenvalue weighted by Gasteiger charge is -2.32. The maximum atomic E-state index is 12.1. The molecule has 3 heterocycles. The normalized spacial score (nSPS) is 22.8. The van der Waals surface area contributed by atoms with Gasteiger partial charge < -0.3 is 18.9 Å². The lowest BCUT2D eigenvalue weighted by Crippen LogP contribution is -2.41. The van der Waals surface area contributed by atoms with Crippen LogP contribution in [-0.2, 0) is 27.9 Å². The van der Waals surface area contributed by atoms with Gasteiger partial charge in [-0.2, -0.15) is 0 Å². The standard InChI is InChI=1S/C16H27N5O3/c1-19-14(11-20-6-8-24-9-7-20)17-18-16(19)13-4-3-5-21(10-13)15(22)12-23-2/h13H,3-12H2,1-2H3/t13-/m1/s1. The van der Waals surface area contributed by atoms with E-state index in [0.717, 1.165) is 63.9 Å². The Morgan fingerprint density at radius 3 is 2.83 bits per heavy atom. The highest BCUT2D eigenvalue weighted by molar-refractivity contribution is 5.77. The van der Waals surface area contributed by atoms with Gasteiger partial charge in [0.1, 0.15) is 18.3 Å². The minimum atomic E-state index is 0.0536. The number of likely N-dealkylation sites (tertiary alicyclic amines) is 1. The van der Waals surface area contributed by atoms with Crippen LogP contribution < -0.4 is 0 Å². The van der Waals surface area contributed by atoms with E-state index >= 15 is 0 Å². The number of piperidine rings is 1. The molecular weight excluding hydrogens is 310 g/mol. The fraction of sp³-hybridized carbons (Fsp3) is 0.812. The minimum Gasteiger partial charge on any atom is -0.379 e. The van der Waals surface area contributed by atoms with Crippen molar-refractivity contribution in [1.29, 1.82) is 0 Å². The molecular formula is C16H27N5O3. The Kier molecular flexibility index (Phi) is 5.80. The minimum absolute atomic E-state index is 0.0536. The van der Waals surface area contributed by atoms with E-state index in [2.05, 4.69) is 19.7 Å². The van der Waals surface area contributed by atoms with Crippen molar-refractivity contribution in [1.82, 2.24) is 24.6 Å². The van der Waals surface area contributed by atoms with E-state index in [4.69, 9.17) is 9.47 Å². The second-order valence-electron chi connectivity index (χ2n) is 6.53. The Morgan fingerprint density at radius 1 is 1.29 bits per heavy atom. The molecule has 0 aliphatic carbocycles. The Balaban J connectivity index is 1.64. The van der Waals surface area contributed by atoms with Crippen molar-refractivity contribution in [3.05, 3.63) is 11.6 Å². The van der Waals surface area contributed by atoms with Crippen molar-refractivity contribution in [3.8, 4) is 0 Å². The van der Waals surface area contributed by atoms with Crippen LogP contribution in [0.25, 0.3) is 0 Å². The number of amides is 1. The molecule has 1 aromatic rings. The molecule has 0 spiro atoms. The average molecular weight is 337 g/mol. The molecule has 24 heavy (non-hydrogen) atoms. The third-order valence-electron chi connectivity index (χ3n) is 4.87. The van der Waals surface area contributed by atoms with Gasteiger partial charge in [0.05, 0.1) is 19.8 Å². The second kappa shape index (κ2) is 8.04. The van der Waals surface area contributed by atoms with Crippen molar-refractivity contribution in [2.45, 2.75) is 25.3 Å². The van der Waals surface area contributed by atoms with Crippen LogP contribution in [0.15, 0.2) is 0 Å². The van der Waals surface area contributed by atoms with E-state index in [-0.39, 0.29) is 18.4 Å². The molecule has 1 aromatic heterocycles. The molecule has 0 bridgehead atoms. The zero-order valence-corrected chi connectivity index (χ0v) is 14.6. The van der Waals surface area contributed by atoms with Gasteiger partial charge in [-0.05, 0) is 12.8 Å². The lowest BCUT2D eigenvalue weighted by molar-refractivity contribution is -0.136. The summed E-state index contributed by atoms with van der Waals surface area (Å²) in [5.41, 5.74) is 0. The quantitative estimate of drug-likeness (QED) is 0.753. The molecule has 2 saturated heterocycles. The number of ether oxygens (including phenoxy) is 2. The smallest absolute Gasteiger partial charge is 0.248 e. The first-order chi connectivity index (χ1) is 11.7. The maximum absolute atomic E-state index is 12.1. The fourth-order valence-corrected chi connectivity index (χ4v) is 3.46. The van der Waals surface area contributed by atoms with Gasteiger partial charge in [0, 0.05) is 46.3 Å². The highest BCUT2D eigenvalue weighted by Gasteiger charge is 2.28. The summed E-state index contributed by atoms with van der Waals surface area (Å²) in [7, 11) is 3.58.